The van der Waals surface area contributed by atoms with E-state index in [1.54, 1.807) is 0 Å². The summed E-state index contributed by atoms with van der Waals surface area (Å²) in [5.41, 5.74) is 5.16. The van der Waals surface area contributed by atoms with Crippen LogP contribution in [0, 0.1) is 16.0 Å². The normalized spacial score (nSPS) is 24.8. The number of carbonyl (C=O) groups excluding carboxylic acids is 1. The fraction of sp³-hybridized carbons (Fsp3) is 0.889. The first-order chi connectivity index (χ1) is 7.61. The molecule has 0 aromatic carbocycles. The molecule has 92 valence electrons. The summed E-state index contributed by atoms with van der Waals surface area (Å²) in [4.78, 5) is 25.5. The average molecular weight is 231 g/mol. The first-order valence-corrected chi connectivity index (χ1v) is 5.39. The molecule has 1 amide bonds. The molecule has 0 aromatic heterocycles. The van der Waals surface area contributed by atoms with Crippen molar-refractivity contribution < 1.29 is 14.7 Å². The van der Waals surface area contributed by atoms with Gasteiger partial charge in [-0.25, -0.2) is 0 Å². The Bertz CT molecular complexity index is 251. The van der Waals surface area contributed by atoms with E-state index in [-0.39, 0.29) is 18.6 Å². The molecule has 0 atom stereocenters. The van der Waals surface area contributed by atoms with Gasteiger partial charge in [0.1, 0.15) is 6.10 Å². The van der Waals surface area contributed by atoms with Gasteiger partial charge in [0.25, 0.3) is 5.09 Å². The lowest BCUT2D eigenvalue weighted by atomic mass is 9.87. The summed E-state index contributed by atoms with van der Waals surface area (Å²) in [5.74, 6) is 0.214. The van der Waals surface area contributed by atoms with Crippen LogP contribution in [0.5, 0.6) is 0 Å². The standard InChI is InChI=1S/C9H17N3O4/c10-5-9(13)11-6-7-1-3-8(4-2-7)16-12(14)15/h7-8H,1-6,10H2,(H,11,13). The molecule has 16 heavy (non-hydrogen) atoms. The van der Waals surface area contributed by atoms with Crippen molar-refractivity contribution in [1.29, 1.82) is 0 Å². The molecule has 0 saturated heterocycles. The van der Waals surface area contributed by atoms with Crippen LogP contribution < -0.4 is 11.1 Å². The largest absolute Gasteiger partial charge is 0.355 e. The highest BCUT2D eigenvalue weighted by Gasteiger charge is 2.23. The molecule has 0 aromatic rings. The van der Waals surface area contributed by atoms with Crippen molar-refractivity contribution in [2.75, 3.05) is 13.1 Å². The van der Waals surface area contributed by atoms with E-state index < -0.39 is 5.09 Å². The van der Waals surface area contributed by atoms with Gasteiger partial charge in [0, 0.05) is 6.54 Å². The predicted molar refractivity (Wildman–Crippen MR) is 55.9 cm³/mol. The van der Waals surface area contributed by atoms with E-state index in [0.29, 0.717) is 25.3 Å². The molecular weight excluding hydrogens is 214 g/mol. The minimum Gasteiger partial charge on any atom is -0.355 e. The molecule has 7 nitrogen and oxygen atoms in total. The third-order valence-corrected chi connectivity index (χ3v) is 2.80. The van der Waals surface area contributed by atoms with Crippen LogP contribution in [-0.4, -0.2) is 30.2 Å². The maximum atomic E-state index is 10.9. The molecule has 3 N–H and O–H groups in total. The highest BCUT2D eigenvalue weighted by atomic mass is 17.0. The van der Waals surface area contributed by atoms with Crippen LogP contribution in [-0.2, 0) is 9.63 Å². The summed E-state index contributed by atoms with van der Waals surface area (Å²) < 4.78 is 0. The molecule has 0 aliphatic heterocycles. The predicted octanol–water partition coefficient (Wildman–Crippen LogP) is -0.172. The maximum Gasteiger partial charge on any atom is 0.294 e. The second-order valence-electron chi connectivity index (χ2n) is 3.98. The Balaban J connectivity index is 2.16. The lowest BCUT2D eigenvalue weighted by molar-refractivity contribution is -0.769. The van der Waals surface area contributed by atoms with E-state index >= 15 is 0 Å². The molecule has 1 saturated carbocycles. The SMILES string of the molecule is NCC(=O)NCC1CCC(O[N+](=O)[O-])CC1. The second-order valence-corrected chi connectivity index (χ2v) is 3.98. The monoisotopic (exact) mass is 231 g/mol. The van der Waals surface area contributed by atoms with Gasteiger partial charge < -0.3 is 15.9 Å². The lowest BCUT2D eigenvalue weighted by Crippen LogP contribution is -2.36. The van der Waals surface area contributed by atoms with Gasteiger partial charge in [-0.3, -0.25) is 4.79 Å². The van der Waals surface area contributed by atoms with Crippen LogP contribution in [0.2, 0.25) is 0 Å². The number of hydrogen-bond donors (Lipinski definition) is 2. The van der Waals surface area contributed by atoms with Crippen LogP contribution in [0.3, 0.4) is 0 Å². The number of nitrogens with one attached hydrogen (secondary N) is 1. The van der Waals surface area contributed by atoms with Crippen LogP contribution in [0.25, 0.3) is 0 Å². The summed E-state index contributed by atoms with van der Waals surface area (Å²) in [6.07, 6.45) is 2.73. The first-order valence-electron chi connectivity index (χ1n) is 5.39. The second kappa shape index (κ2) is 6.26. The fourth-order valence-electron chi connectivity index (χ4n) is 1.89. The molecule has 0 heterocycles. The topological polar surface area (TPSA) is 107 Å². The molecular formula is C9H17N3O4. The smallest absolute Gasteiger partial charge is 0.294 e. The van der Waals surface area contributed by atoms with E-state index in [0.717, 1.165) is 12.8 Å². The average Bonchev–Trinajstić information content (AvgIpc) is 2.27. The zero-order chi connectivity index (χ0) is 12.0. The number of nitrogens with two attached hydrogens (primary N) is 1. The summed E-state index contributed by atoms with van der Waals surface area (Å²) in [6.45, 7) is 0.598. The molecule has 0 unspecified atom stereocenters. The van der Waals surface area contributed by atoms with Crippen LogP contribution in [0.4, 0.5) is 0 Å². The summed E-state index contributed by atoms with van der Waals surface area (Å²) in [7, 11) is 0. The summed E-state index contributed by atoms with van der Waals surface area (Å²) in [5, 5.41) is 12.1. The van der Waals surface area contributed by atoms with E-state index in [9.17, 15) is 14.9 Å². The number of rotatable bonds is 5. The summed E-state index contributed by atoms with van der Waals surface area (Å²) in [6, 6.07) is 0. The molecule has 0 radical (unpaired) electrons. The summed E-state index contributed by atoms with van der Waals surface area (Å²) >= 11 is 0. The highest BCUT2D eigenvalue weighted by Crippen LogP contribution is 2.25. The van der Waals surface area contributed by atoms with Crippen molar-refractivity contribution in [3.05, 3.63) is 10.1 Å². The van der Waals surface area contributed by atoms with Crippen molar-refractivity contribution in [2.24, 2.45) is 11.7 Å². The Hall–Kier alpha value is -1.37. The minimum absolute atomic E-state index is 0.000219. The van der Waals surface area contributed by atoms with Gasteiger partial charge in [0.2, 0.25) is 5.91 Å². The third kappa shape index (κ3) is 4.43. The number of hydrogen-bond acceptors (Lipinski definition) is 5. The molecule has 1 rings (SSSR count). The van der Waals surface area contributed by atoms with E-state index in [2.05, 4.69) is 10.2 Å². The number of nitrogens with zero attached hydrogens (tertiary/aromatic N) is 1. The van der Waals surface area contributed by atoms with Gasteiger partial charge >= 0.3 is 0 Å². The maximum absolute atomic E-state index is 10.9. The van der Waals surface area contributed by atoms with Crippen molar-refractivity contribution in [3.8, 4) is 0 Å². The van der Waals surface area contributed by atoms with Gasteiger partial charge in [0.05, 0.1) is 6.54 Å². The molecule has 1 aliphatic rings. The van der Waals surface area contributed by atoms with Gasteiger partial charge in [-0.2, -0.15) is 0 Å². The van der Waals surface area contributed by atoms with Gasteiger partial charge in [-0.05, 0) is 31.6 Å². The van der Waals surface area contributed by atoms with Crippen LogP contribution in [0.15, 0.2) is 0 Å². The Kier molecular flexibility index (Phi) is 4.97. The van der Waals surface area contributed by atoms with Gasteiger partial charge in [-0.15, -0.1) is 10.1 Å². The first kappa shape index (κ1) is 12.7. The minimum atomic E-state index is -0.735. The van der Waals surface area contributed by atoms with Crippen molar-refractivity contribution in [3.63, 3.8) is 0 Å². The van der Waals surface area contributed by atoms with E-state index in [1.165, 1.54) is 0 Å². The molecule has 0 bridgehead atoms. The van der Waals surface area contributed by atoms with Gasteiger partial charge in [-0.1, -0.05) is 0 Å². The number of amides is 1. The Morgan fingerprint density at radius 3 is 2.56 bits per heavy atom. The van der Waals surface area contributed by atoms with Crippen molar-refractivity contribution in [2.45, 2.75) is 31.8 Å². The Morgan fingerprint density at radius 2 is 2.06 bits per heavy atom. The van der Waals surface area contributed by atoms with E-state index in [4.69, 9.17) is 5.73 Å². The van der Waals surface area contributed by atoms with Gasteiger partial charge in [0.15, 0.2) is 0 Å². The zero-order valence-electron chi connectivity index (χ0n) is 9.05. The third-order valence-electron chi connectivity index (χ3n) is 2.80. The quantitative estimate of drug-likeness (QED) is 0.504. The number of carbonyl (C=O) groups is 1. The molecule has 1 aliphatic carbocycles. The van der Waals surface area contributed by atoms with Crippen molar-refractivity contribution in [1.82, 2.24) is 5.32 Å². The molecule has 7 heteroatoms. The van der Waals surface area contributed by atoms with Crippen molar-refractivity contribution >= 4 is 5.91 Å². The van der Waals surface area contributed by atoms with Crippen LogP contribution in [0.1, 0.15) is 25.7 Å². The Morgan fingerprint density at radius 1 is 1.44 bits per heavy atom. The zero-order valence-corrected chi connectivity index (χ0v) is 9.05. The van der Waals surface area contributed by atoms with Crippen LogP contribution >= 0.6 is 0 Å². The fourth-order valence-corrected chi connectivity index (χ4v) is 1.89. The molecule has 0 spiro atoms. The Labute approximate surface area is 93.4 Å². The van der Waals surface area contributed by atoms with E-state index in [1.807, 2.05) is 0 Å². The lowest BCUT2D eigenvalue weighted by Gasteiger charge is -2.26. The highest BCUT2D eigenvalue weighted by molar-refractivity contribution is 5.77. The molecule has 1 fully saturated rings.